The van der Waals surface area contributed by atoms with E-state index in [1.54, 1.807) is 0 Å². The van der Waals surface area contributed by atoms with Crippen LogP contribution in [0.25, 0.3) is 22.8 Å². The average molecular weight is 316 g/mol. The Morgan fingerprint density at radius 2 is 2.05 bits per heavy atom. The van der Waals surface area contributed by atoms with Crippen molar-refractivity contribution in [3.63, 3.8) is 0 Å². The number of halogens is 1. The van der Waals surface area contributed by atoms with Crippen molar-refractivity contribution in [3.8, 4) is 22.8 Å². The van der Waals surface area contributed by atoms with Crippen LogP contribution in [-0.4, -0.2) is 15.1 Å². The Morgan fingerprint density at radius 3 is 2.77 bits per heavy atom. The molecule has 0 bridgehead atoms. The Bertz CT molecular complexity index is 861. The minimum absolute atomic E-state index is 0.0882. The lowest BCUT2D eigenvalue weighted by atomic mass is 10.1. The Hall–Kier alpha value is -2.73. The number of aryl methyl sites for hydroxylation is 1. The minimum Gasteiger partial charge on any atom is -0.334 e. The normalized spacial score (nSPS) is 10.6. The predicted molar refractivity (Wildman–Crippen MR) is 81.6 cm³/mol. The summed E-state index contributed by atoms with van der Waals surface area (Å²) in [6.45, 7) is 1.96. The van der Waals surface area contributed by atoms with Crippen molar-refractivity contribution in [1.82, 2.24) is 10.1 Å². The highest BCUT2D eigenvalue weighted by Gasteiger charge is 2.17. The molecular weight excluding hydrogens is 306 g/mol. The van der Waals surface area contributed by atoms with Crippen molar-refractivity contribution in [2.24, 2.45) is 0 Å². The molecule has 0 atom stereocenters. The Balaban J connectivity index is 2.04. The quantitative estimate of drug-likeness (QED) is 0.532. The van der Waals surface area contributed by atoms with Crippen LogP contribution in [0, 0.1) is 17.0 Å². The molecule has 0 saturated heterocycles. The molecule has 0 aliphatic carbocycles. The van der Waals surface area contributed by atoms with Gasteiger partial charge in [-0.2, -0.15) is 4.98 Å². The van der Waals surface area contributed by atoms with Crippen molar-refractivity contribution < 1.29 is 9.45 Å². The van der Waals surface area contributed by atoms with E-state index in [9.17, 15) is 10.1 Å². The van der Waals surface area contributed by atoms with Crippen molar-refractivity contribution in [2.75, 3.05) is 0 Å². The van der Waals surface area contributed by atoms with Gasteiger partial charge in [0.25, 0.3) is 11.6 Å². The Morgan fingerprint density at radius 1 is 1.23 bits per heavy atom. The summed E-state index contributed by atoms with van der Waals surface area (Å²) in [6, 6.07) is 11.7. The highest BCUT2D eigenvalue weighted by Crippen LogP contribution is 2.31. The summed E-state index contributed by atoms with van der Waals surface area (Å²) in [6.07, 6.45) is 0. The van der Waals surface area contributed by atoms with Gasteiger partial charge >= 0.3 is 0 Å². The number of rotatable bonds is 3. The van der Waals surface area contributed by atoms with E-state index in [1.807, 2.05) is 31.2 Å². The topological polar surface area (TPSA) is 82.1 Å². The number of nitro groups is 1. The van der Waals surface area contributed by atoms with Gasteiger partial charge in [0.05, 0.1) is 15.5 Å². The molecule has 7 heteroatoms. The largest absolute Gasteiger partial charge is 0.334 e. The first-order valence-corrected chi connectivity index (χ1v) is 6.77. The molecule has 0 fully saturated rings. The fourth-order valence-corrected chi connectivity index (χ4v) is 2.22. The van der Waals surface area contributed by atoms with E-state index in [1.165, 1.54) is 18.2 Å². The molecule has 3 rings (SSSR count). The number of benzene rings is 2. The first kappa shape index (κ1) is 14.2. The molecule has 1 aromatic heterocycles. The van der Waals surface area contributed by atoms with Gasteiger partial charge in [-0.25, -0.2) is 0 Å². The molecule has 110 valence electrons. The second-order valence-electron chi connectivity index (χ2n) is 4.71. The average Bonchev–Trinajstić information content (AvgIpc) is 2.97. The van der Waals surface area contributed by atoms with Crippen LogP contribution in [0.15, 0.2) is 47.0 Å². The van der Waals surface area contributed by atoms with Crippen molar-refractivity contribution in [2.45, 2.75) is 6.92 Å². The third-order valence-corrected chi connectivity index (χ3v) is 3.42. The monoisotopic (exact) mass is 315 g/mol. The van der Waals surface area contributed by atoms with Crippen molar-refractivity contribution in [3.05, 3.63) is 63.2 Å². The molecule has 0 unspecified atom stereocenters. The van der Waals surface area contributed by atoms with Crippen LogP contribution in [0.3, 0.4) is 0 Å². The Labute approximate surface area is 130 Å². The molecule has 0 N–H and O–H groups in total. The lowest BCUT2D eigenvalue weighted by Crippen LogP contribution is -1.89. The van der Waals surface area contributed by atoms with Crippen molar-refractivity contribution >= 4 is 17.3 Å². The zero-order valence-corrected chi connectivity index (χ0v) is 12.2. The first-order chi connectivity index (χ1) is 10.5. The molecule has 6 nitrogen and oxygen atoms in total. The molecule has 0 amide bonds. The second-order valence-corrected chi connectivity index (χ2v) is 5.12. The smallest absolute Gasteiger partial charge is 0.270 e. The number of nitro benzene ring substituents is 1. The van der Waals surface area contributed by atoms with Gasteiger partial charge in [-0.05, 0) is 19.1 Å². The van der Waals surface area contributed by atoms with Gasteiger partial charge in [-0.3, -0.25) is 10.1 Å². The lowest BCUT2D eigenvalue weighted by Gasteiger charge is -1.98. The molecule has 0 radical (unpaired) electrons. The van der Waals surface area contributed by atoms with Crippen LogP contribution >= 0.6 is 11.6 Å². The van der Waals surface area contributed by atoms with Gasteiger partial charge < -0.3 is 4.52 Å². The molecule has 1 heterocycles. The van der Waals surface area contributed by atoms with Crippen LogP contribution in [0.1, 0.15) is 5.56 Å². The standard InChI is InChI=1S/C15H10ClN3O3/c1-9-3-2-4-10(7-9)14-17-15(22-18-14)12-8-11(19(20)21)5-6-13(12)16/h2-8H,1H3. The van der Waals surface area contributed by atoms with Gasteiger partial charge in [0, 0.05) is 17.7 Å². The summed E-state index contributed by atoms with van der Waals surface area (Å²) >= 11 is 6.07. The number of non-ortho nitro benzene ring substituents is 1. The van der Waals surface area contributed by atoms with E-state index in [0.29, 0.717) is 16.4 Å². The SMILES string of the molecule is Cc1cccc(-c2noc(-c3cc([N+](=O)[O-])ccc3Cl)n2)c1. The van der Waals surface area contributed by atoms with Gasteiger partial charge in [0.1, 0.15) is 0 Å². The molecule has 0 saturated carbocycles. The van der Waals surface area contributed by atoms with Gasteiger partial charge in [0.15, 0.2) is 0 Å². The van der Waals surface area contributed by atoms with Crippen LogP contribution < -0.4 is 0 Å². The summed E-state index contributed by atoms with van der Waals surface area (Å²) in [5.74, 6) is 0.548. The van der Waals surface area contributed by atoms with Crippen LogP contribution in [-0.2, 0) is 0 Å². The Kier molecular flexibility index (Phi) is 3.60. The zero-order valence-electron chi connectivity index (χ0n) is 11.5. The molecule has 22 heavy (non-hydrogen) atoms. The minimum atomic E-state index is -0.502. The van der Waals surface area contributed by atoms with Crippen molar-refractivity contribution in [1.29, 1.82) is 0 Å². The molecule has 2 aromatic carbocycles. The molecule has 0 spiro atoms. The van der Waals surface area contributed by atoms with Gasteiger partial charge in [-0.1, -0.05) is 40.5 Å². The van der Waals surface area contributed by atoms with Gasteiger partial charge in [0.2, 0.25) is 5.82 Å². The maximum atomic E-state index is 10.9. The van der Waals surface area contributed by atoms with E-state index < -0.39 is 4.92 Å². The summed E-state index contributed by atoms with van der Waals surface area (Å²) < 4.78 is 5.19. The van der Waals surface area contributed by atoms with E-state index in [-0.39, 0.29) is 11.6 Å². The number of nitrogens with zero attached hydrogens (tertiary/aromatic N) is 3. The summed E-state index contributed by atoms with van der Waals surface area (Å²) in [7, 11) is 0. The molecular formula is C15H10ClN3O3. The van der Waals surface area contributed by atoms with E-state index >= 15 is 0 Å². The number of hydrogen-bond acceptors (Lipinski definition) is 5. The van der Waals surface area contributed by atoms with E-state index in [2.05, 4.69) is 10.1 Å². The molecule has 0 aliphatic heterocycles. The highest BCUT2D eigenvalue weighted by molar-refractivity contribution is 6.33. The van der Waals surface area contributed by atoms with Crippen LogP contribution in [0.4, 0.5) is 5.69 Å². The second kappa shape index (κ2) is 5.57. The maximum Gasteiger partial charge on any atom is 0.270 e. The highest BCUT2D eigenvalue weighted by atomic mass is 35.5. The number of hydrogen-bond donors (Lipinski definition) is 0. The number of aromatic nitrogens is 2. The molecule has 0 aliphatic rings. The van der Waals surface area contributed by atoms with Crippen LogP contribution in [0.5, 0.6) is 0 Å². The van der Waals surface area contributed by atoms with E-state index in [0.717, 1.165) is 11.1 Å². The van der Waals surface area contributed by atoms with Crippen LogP contribution in [0.2, 0.25) is 5.02 Å². The summed E-state index contributed by atoms with van der Waals surface area (Å²) in [4.78, 5) is 14.6. The maximum absolute atomic E-state index is 10.9. The fraction of sp³-hybridized carbons (Fsp3) is 0.0667. The van der Waals surface area contributed by atoms with E-state index in [4.69, 9.17) is 16.1 Å². The third-order valence-electron chi connectivity index (χ3n) is 3.09. The van der Waals surface area contributed by atoms with Gasteiger partial charge in [-0.15, -0.1) is 0 Å². The first-order valence-electron chi connectivity index (χ1n) is 6.39. The molecule has 3 aromatic rings. The predicted octanol–water partition coefficient (Wildman–Crippen LogP) is 4.27. The summed E-state index contributed by atoms with van der Waals surface area (Å²) in [5, 5.41) is 15.1. The lowest BCUT2D eigenvalue weighted by molar-refractivity contribution is -0.384. The fourth-order valence-electron chi connectivity index (χ4n) is 2.03. The zero-order chi connectivity index (χ0) is 15.7. The summed E-state index contributed by atoms with van der Waals surface area (Å²) in [5.41, 5.74) is 2.12. The third kappa shape index (κ3) is 2.68.